The minimum absolute atomic E-state index is 0.141. The van der Waals surface area contributed by atoms with Gasteiger partial charge in [-0.05, 0) is 31.2 Å². The van der Waals surface area contributed by atoms with Crippen molar-refractivity contribution in [3.63, 3.8) is 0 Å². The maximum atomic E-state index is 12.6. The van der Waals surface area contributed by atoms with E-state index in [1.54, 1.807) is 4.40 Å². The van der Waals surface area contributed by atoms with E-state index in [2.05, 4.69) is 34.2 Å². The number of nitrogens with two attached hydrogens (primary N) is 1. The number of benzene rings is 1. The lowest BCUT2D eigenvalue weighted by Gasteiger charge is -2.30. The van der Waals surface area contributed by atoms with Gasteiger partial charge in [0.1, 0.15) is 0 Å². The largest absolute Gasteiger partial charge is 0.369 e. The number of carbonyl (C=O) groups excluding carboxylic acids is 1. The topological polar surface area (TPSA) is 89.4 Å². The van der Waals surface area contributed by atoms with Crippen LogP contribution in [0.3, 0.4) is 0 Å². The van der Waals surface area contributed by atoms with Gasteiger partial charge in [-0.3, -0.25) is 4.79 Å². The Morgan fingerprint density at radius 3 is 2.66 bits per heavy atom. The first kappa shape index (κ1) is 19.7. The minimum atomic E-state index is 0.141. The molecule has 152 valence electrons. The Bertz CT molecular complexity index is 1010. The van der Waals surface area contributed by atoms with Gasteiger partial charge in [-0.1, -0.05) is 49.0 Å². The van der Waals surface area contributed by atoms with Crippen LogP contribution in [0.25, 0.3) is 5.65 Å². The van der Waals surface area contributed by atoms with Crippen LogP contribution in [0.4, 0.5) is 5.95 Å². The van der Waals surface area contributed by atoms with E-state index in [1.165, 1.54) is 17.3 Å². The van der Waals surface area contributed by atoms with Gasteiger partial charge < -0.3 is 10.6 Å². The Morgan fingerprint density at radius 1 is 1.21 bits per heavy atom. The SMILES string of the molecule is Cc1nc(N)n2c(SCC(=O)N3CCC(C)CC3)nnc2c1Cc1ccccc1. The Hall–Kier alpha value is -2.61. The van der Waals surface area contributed by atoms with Crippen LogP contribution in [0.15, 0.2) is 35.5 Å². The molecular formula is C21H26N6OS. The number of amides is 1. The number of hydrogen-bond acceptors (Lipinski definition) is 6. The van der Waals surface area contributed by atoms with E-state index in [4.69, 9.17) is 5.73 Å². The number of thioether (sulfide) groups is 1. The summed E-state index contributed by atoms with van der Waals surface area (Å²) in [5.41, 5.74) is 9.93. The number of fused-ring (bicyclic) bond motifs is 1. The monoisotopic (exact) mass is 410 g/mol. The number of aryl methyl sites for hydroxylation is 1. The Morgan fingerprint density at radius 2 is 1.93 bits per heavy atom. The molecule has 1 saturated heterocycles. The van der Waals surface area contributed by atoms with Crippen LogP contribution < -0.4 is 5.73 Å². The molecule has 0 atom stereocenters. The number of rotatable bonds is 5. The molecule has 0 spiro atoms. The first-order chi connectivity index (χ1) is 14.0. The summed E-state index contributed by atoms with van der Waals surface area (Å²) >= 11 is 1.37. The number of likely N-dealkylation sites (tertiary alicyclic amines) is 1. The fraction of sp³-hybridized carbons (Fsp3) is 0.429. The summed E-state index contributed by atoms with van der Waals surface area (Å²) in [6, 6.07) is 10.2. The number of nitrogens with zero attached hydrogens (tertiary/aromatic N) is 5. The Kier molecular flexibility index (Phi) is 5.71. The maximum absolute atomic E-state index is 12.6. The number of nitrogen functional groups attached to an aromatic ring is 1. The van der Waals surface area contributed by atoms with Crippen molar-refractivity contribution < 1.29 is 4.79 Å². The maximum Gasteiger partial charge on any atom is 0.233 e. The molecule has 0 saturated carbocycles. The Labute approximate surface area is 174 Å². The van der Waals surface area contributed by atoms with Gasteiger partial charge in [-0.15, -0.1) is 10.2 Å². The van der Waals surface area contributed by atoms with Crippen LogP contribution in [0.2, 0.25) is 0 Å². The third-order valence-electron chi connectivity index (χ3n) is 5.54. The van der Waals surface area contributed by atoms with Gasteiger partial charge in [0, 0.05) is 30.8 Å². The smallest absolute Gasteiger partial charge is 0.233 e. The molecule has 1 fully saturated rings. The highest BCUT2D eigenvalue weighted by atomic mass is 32.2. The number of anilines is 1. The highest BCUT2D eigenvalue weighted by molar-refractivity contribution is 7.99. The zero-order valence-electron chi connectivity index (χ0n) is 16.8. The molecule has 2 aromatic heterocycles. The van der Waals surface area contributed by atoms with Crippen LogP contribution >= 0.6 is 11.8 Å². The van der Waals surface area contributed by atoms with Crippen molar-refractivity contribution in [1.82, 2.24) is 24.5 Å². The standard InChI is InChI=1S/C21H26N6OS/c1-14-8-10-26(11-9-14)18(28)13-29-21-25-24-19-17(12-16-6-4-3-5-7-16)15(2)23-20(22)27(19)21/h3-7,14H,8-13H2,1-2H3,(H2,22,23). The third-order valence-corrected chi connectivity index (χ3v) is 6.45. The second kappa shape index (κ2) is 8.41. The molecule has 4 rings (SSSR count). The number of carbonyl (C=O) groups is 1. The summed E-state index contributed by atoms with van der Waals surface area (Å²) < 4.78 is 1.77. The van der Waals surface area contributed by atoms with Crippen molar-refractivity contribution >= 4 is 29.3 Å². The van der Waals surface area contributed by atoms with Gasteiger partial charge in [-0.2, -0.15) is 0 Å². The molecule has 1 amide bonds. The van der Waals surface area contributed by atoms with Gasteiger partial charge in [0.15, 0.2) is 10.8 Å². The van der Waals surface area contributed by atoms with Crippen LogP contribution in [-0.4, -0.2) is 49.2 Å². The normalized spacial score (nSPS) is 15.2. The van der Waals surface area contributed by atoms with E-state index in [9.17, 15) is 4.79 Å². The van der Waals surface area contributed by atoms with Crippen molar-refractivity contribution in [1.29, 1.82) is 0 Å². The van der Waals surface area contributed by atoms with Gasteiger partial charge in [-0.25, -0.2) is 9.38 Å². The summed E-state index contributed by atoms with van der Waals surface area (Å²) in [5, 5.41) is 9.31. The first-order valence-electron chi connectivity index (χ1n) is 9.97. The Balaban J connectivity index is 1.55. The zero-order valence-corrected chi connectivity index (χ0v) is 17.7. The molecule has 8 heteroatoms. The van der Waals surface area contributed by atoms with E-state index < -0.39 is 0 Å². The van der Waals surface area contributed by atoms with Crippen molar-refractivity contribution in [2.45, 2.75) is 38.3 Å². The van der Waals surface area contributed by atoms with Crippen molar-refractivity contribution in [3.05, 3.63) is 47.2 Å². The molecule has 0 radical (unpaired) electrons. The van der Waals surface area contributed by atoms with Gasteiger partial charge in [0.2, 0.25) is 11.9 Å². The summed E-state index contributed by atoms with van der Waals surface area (Å²) in [6.07, 6.45) is 2.85. The van der Waals surface area contributed by atoms with Crippen LogP contribution in [-0.2, 0) is 11.2 Å². The predicted molar refractivity (Wildman–Crippen MR) is 115 cm³/mol. The van der Waals surface area contributed by atoms with Crippen molar-refractivity contribution in [3.8, 4) is 0 Å². The van der Waals surface area contributed by atoms with Crippen LogP contribution in [0, 0.1) is 12.8 Å². The summed E-state index contributed by atoms with van der Waals surface area (Å²) in [6.45, 7) is 5.86. The van der Waals surface area contributed by atoms with E-state index in [0.717, 1.165) is 37.2 Å². The summed E-state index contributed by atoms with van der Waals surface area (Å²) in [5.74, 6) is 1.52. The molecule has 1 aromatic carbocycles. The van der Waals surface area contributed by atoms with Crippen LogP contribution in [0.5, 0.6) is 0 Å². The molecule has 1 aliphatic heterocycles. The average molecular weight is 411 g/mol. The molecule has 0 unspecified atom stereocenters. The molecular weight excluding hydrogens is 384 g/mol. The second-order valence-electron chi connectivity index (χ2n) is 7.69. The van der Waals surface area contributed by atoms with Gasteiger partial charge in [0.05, 0.1) is 5.75 Å². The average Bonchev–Trinajstić information content (AvgIpc) is 3.15. The van der Waals surface area contributed by atoms with E-state index in [0.29, 0.717) is 34.8 Å². The summed E-state index contributed by atoms with van der Waals surface area (Å²) in [7, 11) is 0. The van der Waals surface area contributed by atoms with Crippen molar-refractivity contribution in [2.24, 2.45) is 5.92 Å². The molecule has 29 heavy (non-hydrogen) atoms. The molecule has 0 bridgehead atoms. The predicted octanol–water partition coefficient (Wildman–Crippen LogP) is 2.96. The molecule has 3 aromatic rings. The van der Waals surface area contributed by atoms with Crippen LogP contribution in [0.1, 0.15) is 36.6 Å². The fourth-order valence-corrected chi connectivity index (χ4v) is 4.54. The van der Waals surface area contributed by atoms with E-state index >= 15 is 0 Å². The number of piperidine rings is 1. The lowest BCUT2D eigenvalue weighted by Crippen LogP contribution is -2.38. The van der Waals surface area contributed by atoms with Gasteiger partial charge in [0.25, 0.3) is 0 Å². The third kappa shape index (κ3) is 4.22. The number of aromatic nitrogens is 4. The van der Waals surface area contributed by atoms with E-state index in [1.807, 2.05) is 30.0 Å². The number of hydrogen-bond donors (Lipinski definition) is 1. The lowest BCUT2D eigenvalue weighted by molar-refractivity contribution is -0.129. The highest BCUT2D eigenvalue weighted by Crippen LogP contribution is 2.25. The second-order valence-corrected chi connectivity index (χ2v) is 8.63. The summed E-state index contributed by atoms with van der Waals surface area (Å²) in [4.78, 5) is 19.0. The van der Waals surface area contributed by atoms with Crippen molar-refractivity contribution in [2.75, 3.05) is 24.6 Å². The molecule has 0 aliphatic carbocycles. The fourth-order valence-electron chi connectivity index (χ4n) is 3.70. The molecule has 1 aliphatic rings. The highest BCUT2D eigenvalue weighted by Gasteiger charge is 2.22. The minimum Gasteiger partial charge on any atom is -0.369 e. The zero-order chi connectivity index (χ0) is 20.4. The quantitative estimate of drug-likeness (QED) is 0.651. The van der Waals surface area contributed by atoms with E-state index in [-0.39, 0.29) is 5.91 Å². The molecule has 7 nitrogen and oxygen atoms in total. The first-order valence-corrected chi connectivity index (χ1v) is 11.0. The molecule has 3 heterocycles. The lowest BCUT2D eigenvalue weighted by atomic mass is 9.99. The van der Waals surface area contributed by atoms with Gasteiger partial charge >= 0.3 is 0 Å². The molecule has 2 N–H and O–H groups in total.